The first-order valence-corrected chi connectivity index (χ1v) is 8.41. The first kappa shape index (κ1) is 26.1. The van der Waals surface area contributed by atoms with Crippen LogP contribution in [0.15, 0.2) is 29.5 Å². The second-order valence-corrected chi connectivity index (χ2v) is 5.95. The van der Waals surface area contributed by atoms with Gasteiger partial charge in [-0.1, -0.05) is 0 Å². The number of carbonyl (C=O) groups excluding carboxylic acids is 2. The number of nitrogen functional groups attached to an aromatic ring is 1. The molecule has 2 rings (SSSR count). The Kier molecular flexibility index (Phi) is 10.7. The van der Waals surface area contributed by atoms with Gasteiger partial charge in [0.05, 0.1) is 11.4 Å². The van der Waals surface area contributed by atoms with E-state index in [4.69, 9.17) is 5.73 Å². The number of aromatic nitrogens is 2. The number of guanidine groups is 1. The van der Waals surface area contributed by atoms with Gasteiger partial charge < -0.3 is 36.1 Å². The predicted octanol–water partition coefficient (Wildman–Crippen LogP) is 0.566. The molecule has 12 heteroatoms. The second kappa shape index (κ2) is 11.9. The maximum absolute atomic E-state index is 12.3. The van der Waals surface area contributed by atoms with Crippen molar-refractivity contribution in [2.45, 2.75) is 0 Å². The lowest BCUT2D eigenvalue weighted by atomic mass is 10.3. The molecule has 0 radical (unpaired) electrons. The Balaban J connectivity index is 0.00000392. The van der Waals surface area contributed by atoms with E-state index in [0.29, 0.717) is 41.8 Å². The van der Waals surface area contributed by atoms with Gasteiger partial charge in [-0.2, -0.15) is 0 Å². The van der Waals surface area contributed by atoms with E-state index in [1.165, 1.54) is 0 Å². The van der Waals surface area contributed by atoms with E-state index < -0.39 is 0 Å². The molecule has 0 aromatic carbocycles. The summed E-state index contributed by atoms with van der Waals surface area (Å²) < 4.78 is 3.30. The highest BCUT2D eigenvalue weighted by atomic mass is 35.5. The second-order valence-electron chi connectivity index (χ2n) is 5.95. The van der Waals surface area contributed by atoms with Gasteiger partial charge in [-0.05, 0) is 12.1 Å². The molecule has 0 fully saturated rings. The number of aliphatic imine (C=N–C) groups is 1. The summed E-state index contributed by atoms with van der Waals surface area (Å²) in [5.74, 6) is 0.117. The van der Waals surface area contributed by atoms with Gasteiger partial charge >= 0.3 is 0 Å². The van der Waals surface area contributed by atoms with E-state index in [2.05, 4.69) is 26.3 Å². The molecule has 0 aliphatic rings. The fourth-order valence-electron chi connectivity index (χ4n) is 2.60. The predicted molar refractivity (Wildman–Crippen MR) is 120 cm³/mol. The summed E-state index contributed by atoms with van der Waals surface area (Å²) in [7, 11) is 6.91. The van der Waals surface area contributed by atoms with Crippen molar-refractivity contribution in [2.75, 3.05) is 38.2 Å². The third-order valence-corrected chi connectivity index (χ3v) is 3.92. The van der Waals surface area contributed by atoms with Crippen LogP contribution in [0.2, 0.25) is 0 Å². The van der Waals surface area contributed by atoms with Crippen LogP contribution in [0.3, 0.4) is 0 Å². The van der Waals surface area contributed by atoms with Crippen molar-refractivity contribution in [1.29, 1.82) is 0 Å². The molecule has 0 aliphatic carbocycles. The summed E-state index contributed by atoms with van der Waals surface area (Å²) in [6, 6.07) is 3.22. The lowest BCUT2D eigenvalue weighted by Gasteiger charge is -2.09. The number of amides is 2. The third-order valence-electron chi connectivity index (χ3n) is 3.92. The molecular weight excluding hydrogens is 419 g/mol. The highest BCUT2D eigenvalue weighted by Gasteiger charge is 2.15. The van der Waals surface area contributed by atoms with Gasteiger partial charge in [0.15, 0.2) is 5.96 Å². The standard InChI is InChI=1S/C17H26N8O2.2ClH/c1-19-17(20-2)22-6-5-21-15(26)14-8-12(10-25(14)4)23-16(27)13-7-11(18)9-24(13)3;;/h7-10H,5-6,18H2,1-4H3,(H,21,26)(H,23,27)(H2,19,20,22);2*1H. The molecule has 2 aromatic rings. The van der Waals surface area contributed by atoms with Crippen molar-refractivity contribution < 1.29 is 9.59 Å². The van der Waals surface area contributed by atoms with Crippen molar-refractivity contribution in [3.05, 3.63) is 35.9 Å². The topological polar surface area (TPSA) is 130 Å². The van der Waals surface area contributed by atoms with Gasteiger partial charge in [0.25, 0.3) is 11.8 Å². The summed E-state index contributed by atoms with van der Waals surface area (Å²) in [5.41, 5.74) is 7.62. The number of carbonyl (C=O) groups is 2. The fraction of sp³-hybridized carbons (Fsp3) is 0.353. The normalized spacial score (nSPS) is 10.4. The van der Waals surface area contributed by atoms with Crippen LogP contribution in [0.25, 0.3) is 0 Å². The summed E-state index contributed by atoms with van der Waals surface area (Å²) >= 11 is 0. The Morgan fingerprint density at radius 1 is 1.00 bits per heavy atom. The van der Waals surface area contributed by atoms with Crippen molar-refractivity contribution in [3.8, 4) is 0 Å². The summed E-state index contributed by atoms with van der Waals surface area (Å²) in [6.45, 7) is 0.956. The number of halogens is 2. The molecular formula is C17H28Cl2N8O2. The molecule has 0 saturated heterocycles. The number of anilines is 2. The van der Waals surface area contributed by atoms with E-state index in [1.807, 2.05) is 0 Å². The molecule has 0 bridgehead atoms. The molecule has 162 valence electrons. The zero-order valence-electron chi connectivity index (χ0n) is 16.8. The monoisotopic (exact) mass is 446 g/mol. The van der Waals surface area contributed by atoms with Crippen LogP contribution in [-0.2, 0) is 14.1 Å². The number of hydrogen-bond acceptors (Lipinski definition) is 4. The van der Waals surface area contributed by atoms with Gasteiger partial charge in [-0.25, -0.2) is 0 Å². The Hall–Kier alpha value is -2.85. The van der Waals surface area contributed by atoms with Gasteiger partial charge in [-0.15, -0.1) is 24.8 Å². The number of aryl methyl sites for hydroxylation is 2. The molecule has 2 aromatic heterocycles. The minimum atomic E-state index is -0.297. The molecule has 29 heavy (non-hydrogen) atoms. The number of rotatable bonds is 6. The first-order chi connectivity index (χ1) is 12.8. The van der Waals surface area contributed by atoms with Crippen molar-refractivity contribution in [2.24, 2.45) is 19.1 Å². The Bertz CT molecular complexity index is 860. The summed E-state index contributed by atoms with van der Waals surface area (Å²) in [6.07, 6.45) is 3.34. The van der Waals surface area contributed by atoms with Gasteiger partial charge in [0, 0.05) is 53.7 Å². The van der Waals surface area contributed by atoms with Gasteiger partial charge in [0.1, 0.15) is 11.4 Å². The maximum Gasteiger partial charge on any atom is 0.272 e. The number of nitrogens with zero attached hydrogens (tertiary/aromatic N) is 3. The highest BCUT2D eigenvalue weighted by Crippen LogP contribution is 2.16. The van der Waals surface area contributed by atoms with Crippen molar-refractivity contribution >= 4 is 54.0 Å². The molecule has 2 heterocycles. The van der Waals surface area contributed by atoms with Crippen LogP contribution >= 0.6 is 24.8 Å². The van der Waals surface area contributed by atoms with Crippen LogP contribution < -0.4 is 27.0 Å². The van der Waals surface area contributed by atoms with Crippen molar-refractivity contribution in [3.63, 3.8) is 0 Å². The SMILES string of the molecule is CN=C(NC)NCCNC(=O)c1cc(NC(=O)c2cc(N)cn2C)cn1C.Cl.Cl. The minimum Gasteiger partial charge on any atom is -0.397 e. The highest BCUT2D eigenvalue weighted by molar-refractivity contribution is 6.04. The molecule has 0 spiro atoms. The summed E-state index contributed by atoms with van der Waals surface area (Å²) in [5, 5.41) is 11.5. The fourth-order valence-corrected chi connectivity index (χ4v) is 2.60. The zero-order valence-corrected chi connectivity index (χ0v) is 18.4. The minimum absolute atomic E-state index is 0. The van der Waals surface area contributed by atoms with E-state index in [0.717, 1.165) is 0 Å². The van der Waals surface area contributed by atoms with Crippen LogP contribution in [0, 0.1) is 0 Å². The van der Waals surface area contributed by atoms with E-state index >= 15 is 0 Å². The quantitative estimate of drug-likeness (QED) is 0.251. The van der Waals surface area contributed by atoms with E-state index in [1.54, 1.807) is 61.9 Å². The van der Waals surface area contributed by atoms with Crippen LogP contribution in [0.5, 0.6) is 0 Å². The summed E-state index contributed by atoms with van der Waals surface area (Å²) in [4.78, 5) is 28.7. The molecule has 0 unspecified atom stereocenters. The molecule has 0 saturated carbocycles. The molecule has 2 amide bonds. The average molecular weight is 447 g/mol. The number of hydrogen-bond donors (Lipinski definition) is 5. The van der Waals surface area contributed by atoms with Crippen LogP contribution in [-0.4, -0.2) is 54.1 Å². The average Bonchev–Trinajstić information content (AvgIpc) is 3.16. The zero-order chi connectivity index (χ0) is 20.0. The molecule has 6 N–H and O–H groups in total. The third kappa shape index (κ3) is 6.91. The van der Waals surface area contributed by atoms with Gasteiger partial charge in [-0.3, -0.25) is 14.6 Å². The molecule has 0 aliphatic heterocycles. The van der Waals surface area contributed by atoms with Crippen molar-refractivity contribution in [1.82, 2.24) is 25.1 Å². The first-order valence-electron chi connectivity index (χ1n) is 8.41. The maximum atomic E-state index is 12.3. The van der Waals surface area contributed by atoms with Crippen LogP contribution in [0.1, 0.15) is 21.0 Å². The Morgan fingerprint density at radius 3 is 2.14 bits per heavy atom. The van der Waals surface area contributed by atoms with E-state index in [9.17, 15) is 9.59 Å². The molecule has 10 nitrogen and oxygen atoms in total. The lowest BCUT2D eigenvalue weighted by molar-refractivity contribution is 0.0945. The molecule has 0 atom stereocenters. The Labute approximate surface area is 182 Å². The number of nitrogens with two attached hydrogens (primary N) is 1. The smallest absolute Gasteiger partial charge is 0.272 e. The largest absolute Gasteiger partial charge is 0.397 e. The number of nitrogens with one attached hydrogen (secondary N) is 4. The van der Waals surface area contributed by atoms with Gasteiger partial charge in [0.2, 0.25) is 0 Å². The van der Waals surface area contributed by atoms with Crippen LogP contribution in [0.4, 0.5) is 11.4 Å². The van der Waals surface area contributed by atoms with E-state index in [-0.39, 0.29) is 36.6 Å². The lowest BCUT2D eigenvalue weighted by Crippen LogP contribution is -2.40. The Morgan fingerprint density at radius 2 is 1.59 bits per heavy atom.